The zero-order valence-corrected chi connectivity index (χ0v) is 14.4. The molecule has 136 valence electrons. The molecule has 0 bridgehead atoms. The maximum absolute atomic E-state index is 12.1. The molecule has 1 heterocycles. The van der Waals surface area contributed by atoms with Crippen molar-refractivity contribution in [3.8, 4) is 0 Å². The molecular formula is C17H23N3O5. The van der Waals surface area contributed by atoms with Crippen molar-refractivity contribution in [3.63, 3.8) is 0 Å². The van der Waals surface area contributed by atoms with Gasteiger partial charge in [-0.05, 0) is 32.8 Å². The molecule has 0 spiro atoms. The number of rotatable bonds is 6. The van der Waals surface area contributed by atoms with Crippen LogP contribution in [0.25, 0.3) is 0 Å². The second-order valence-corrected chi connectivity index (χ2v) is 6.34. The number of amides is 1. The van der Waals surface area contributed by atoms with E-state index in [1.54, 1.807) is 18.2 Å². The number of ether oxygens (including phenoxy) is 1. The van der Waals surface area contributed by atoms with Gasteiger partial charge in [0.1, 0.15) is 5.69 Å². The predicted octanol–water partition coefficient (Wildman–Crippen LogP) is 1.88. The summed E-state index contributed by atoms with van der Waals surface area (Å²) in [5, 5.41) is 13.8. The summed E-state index contributed by atoms with van der Waals surface area (Å²) in [6.45, 7) is 4.45. The maximum Gasteiger partial charge on any atom is 0.309 e. The first-order chi connectivity index (χ1) is 11.9. The third-order valence-electron chi connectivity index (χ3n) is 4.04. The highest BCUT2D eigenvalue weighted by Crippen LogP contribution is 2.31. The Bertz CT molecular complexity index is 639. The number of para-hydroxylation sites is 2. The van der Waals surface area contributed by atoms with Gasteiger partial charge in [-0.2, -0.15) is 0 Å². The monoisotopic (exact) mass is 349 g/mol. The van der Waals surface area contributed by atoms with Crippen LogP contribution in [0, 0.1) is 16.0 Å². The van der Waals surface area contributed by atoms with Gasteiger partial charge in [-0.15, -0.1) is 0 Å². The zero-order chi connectivity index (χ0) is 18.4. The number of nitro benzene ring substituents is 1. The standard InChI is InChI=1S/C17H23N3O5/c1-12(2)18-16(21)11-25-17(22)13-7-9-19(10-8-13)14-5-3-4-6-15(14)20(23)24/h3-6,12-13H,7-11H2,1-2H3,(H,18,21). The van der Waals surface area contributed by atoms with Crippen molar-refractivity contribution in [2.45, 2.75) is 32.7 Å². The van der Waals surface area contributed by atoms with E-state index in [1.165, 1.54) is 6.07 Å². The molecule has 2 rings (SSSR count). The lowest BCUT2D eigenvalue weighted by atomic mass is 9.96. The van der Waals surface area contributed by atoms with Crippen LogP contribution in [-0.4, -0.2) is 42.5 Å². The number of nitrogens with one attached hydrogen (secondary N) is 1. The summed E-state index contributed by atoms with van der Waals surface area (Å²) in [6, 6.07) is 6.58. The molecule has 0 aromatic heterocycles. The van der Waals surface area contributed by atoms with Gasteiger partial charge >= 0.3 is 5.97 Å². The van der Waals surface area contributed by atoms with E-state index >= 15 is 0 Å². The van der Waals surface area contributed by atoms with E-state index in [4.69, 9.17) is 4.74 Å². The first-order valence-electron chi connectivity index (χ1n) is 8.33. The molecule has 0 saturated carbocycles. The molecule has 25 heavy (non-hydrogen) atoms. The first kappa shape index (κ1) is 18.7. The average molecular weight is 349 g/mol. The van der Waals surface area contributed by atoms with Crippen molar-refractivity contribution < 1.29 is 19.2 Å². The summed E-state index contributed by atoms with van der Waals surface area (Å²) in [6.07, 6.45) is 1.08. The fraction of sp³-hybridized carbons (Fsp3) is 0.529. The second kappa shape index (κ2) is 8.46. The van der Waals surface area contributed by atoms with Crippen molar-refractivity contribution in [1.29, 1.82) is 0 Å². The first-order valence-corrected chi connectivity index (χ1v) is 8.33. The number of nitrogens with zero attached hydrogens (tertiary/aromatic N) is 2. The largest absolute Gasteiger partial charge is 0.455 e. The van der Waals surface area contributed by atoms with Crippen molar-refractivity contribution in [2.75, 3.05) is 24.6 Å². The van der Waals surface area contributed by atoms with Gasteiger partial charge < -0.3 is 15.0 Å². The highest BCUT2D eigenvalue weighted by molar-refractivity contribution is 5.81. The third-order valence-corrected chi connectivity index (χ3v) is 4.04. The molecule has 0 radical (unpaired) electrons. The molecule has 0 aliphatic carbocycles. The molecule has 8 nitrogen and oxygen atoms in total. The fourth-order valence-electron chi connectivity index (χ4n) is 2.86. The summed E-state index contributed by atoms with van der Waals surface area (Å²) in [7, 11) is 0. The topological polar surface area (TPSA) is 102 Å². The van der Waals surface area contributed by atoms with Gasteiger partial charge in [0.05, 0.1) is 10.8 Å². The minimum absolute atomic E-state index is 0.00361. The fourth-order valence-corrected chi connectivity index (χ4v) is 2.86. The van der Waals surface area contributed by atoms with Crippen molar-refractivity contribution >= 4 is 23.3 Å². The number of benzene rings is 1. The molecule has 0 atom stereocenters. The number of carbonyl (C=O) groups excluding carboxylic acids is 2. The Morgan fingerprint density at radius 3 is 2.56 bits per heavy atom. The van der Waals surface area contributed by atoms with E-state index in [1.807, 2.05) is 18.7 Å². The summed E-state index contributed by atoms with van der Waals surface area (Å²) in [5.74, 6) is -0.993. The Morgan fingerprint density at radius 1 is 1.32 bits per heavy atom. The highest BCUT2D eigenvalue weighted by Gasteiger charge is 2.29. The van der Waals surface area contributed by atoms with Crippen molar-refractivity contribution in [1.82, 2.24) is 5.32 Å². The molecule has 0 unspecified atom stereocenters. The van der Waals surface area contributed by atoms with Gasteiger partial charge in [0, 0.05) is 25.2 Å². The van der Waals surface area contributed by atoms with E-state index in [0.29, 0.717) is 31.6 Å². The molecule has 1 aromatic carbocycles. The molecule has 1 aliphatic rings. The number of hydrogen-bond donors (Lipinski definition) is 1. The molecule has 1 aromatic rings. The van der Waals surface area contributed by atoms with Gasteiger partial charge in [0.2, 0.25) is 0 Å². The molecule has 1 saturated heterocycles. The number of carbonyl (C=O) groups is 2. The van der Waals surface area contributed by atoms with Gasteiger partial charge in [0.15, 0.2) is 6.61 Å². The number of piperidine rings is 1. The second-order valence-electron chi connectivity index (χ2n) is 6.34. The van der Waals surface area contributed by atoms with Crippen LogP contribution in [-0.2, 0) is 14.3 Å². The van der Waals surface area contributed by atoms with E-state index in [0.717, 1.165) is 0 Å². The molecule has 1 fully saturated rings. The summed E-state index contributed by atoms with van der Waals surface area (Å²) in [5.41, 5.74) is 0.629. The lowest BCUT2D eigenvalue weighted by Gasteiger charge is -2.32. The van der Waals surface area contributed by atoms with Crippen LogP contribution >= 0.6 is 0 Å². The SMILES string of the molecule is CC(C)NC(=O)COC(=O)C1CCN(c2ccccc2[N+](=O)[O-])CC1. The molecule has 1 N–H and O–H groups in total. The van der Waals surface area contributed by atoms with Gasteiger partial charge in [-0.25, -0.2) is 0 Å². The normalized spacial score (nSPS) is 15.1. The predicted molar refractivity (Wildman–Crippen MR) is 92.3 cm³/mol. The van der Waals surface area contributed by atoms with Crippen molar-refractivity contribution in [3.05, 3.63) is 34.4 Å². The van der Waals surface area contributed by atoms with E-state index in [9.17, 15) is 19.7 Å². The van der Waals surface area contributed by atoms with E-state index in [2.05, 4.69) is 5.32 Å². The van der Waals surface area contributed by atoms with Gasteiger partial charge in [0.25, 0.3) is 11.6 Å². The van der Waals surface area contributed by atoms with Crippen LogP contribution < -0.4 is 10.2 Å². The van der Waals surface area contributed by atoms with E-state index < -0.39 is 4.92 Å². The minimum Gasteiger partial charge on any atom is -0.455 e. The third kappa shape index (κ3) is 5.17. The lowest BCUT2D eigenvalue weighted by Crippen LogP contribution is -2.39. The summed E-state index contributed by atoms with van der Waals surface area (Å²) in [4.78, 5) is 36.2. The van der Waals surface area contributed by atoms with Gasteiger partial charge in [-0.1, -0.05) is 12.1 Å². The smallest absolute Gasteiger partial charge is 0.309 e. The van der Waals surface area contributed by atoms with Gasteiger partial charge in [-0.3, -0.25) is 19.7 Å². The van der Waals surface area contributed by atoms with Crippen LogP contribution in [0.15, 0.2) is 24.3 Å². The van der Waals surface area contributed by atoms with Crippen LogP contribution in [0.4, 0.5) is 11.4 Å². The molecular weight excluding hydrogens is 326 g/mol. The quantitative estimate of drug-likeness (QED) is 0.478. The Labute approximate surface area is 146 Å². The molecule has 1 amide bonds. The average Bonchev–Trinajstić information content (AvgIpc) is 2.59. The van der Waals surface area contributed by atoms with Crippen molar-refractivity contribution in [2.24, 2.45) is 5.92 Å². The van der Waals surface area contributed by atoms with E-state index in [-0.39, 0.29) is 36.1 Å². The highest BCUT2D eigenvalue weighted by atomic mass is 16.6. The Kier molecular flexibility index (Phi) is 6.32. The lowest BCUT2D eigenvalue weighted by molar-refractivity contribution is -0.384. The Balaban J connectivity index is 1.86. The molecule has 8 heteroatoms. The number of anilines is 1. The Hall–Kier alpha value is -2.64. The number of nitro groups is 1. The number of esters is 1. The maximum atomic E-state index is 12.1. The minimum atomic E-state index is -0.400. The van der Waals surface area contributed by atoms with Crippen LogP contribution in [0.5, 0.6) is 0 Å². The summed E-state index contributed by atoms with van der Waals surface area (Å²) < 4.78 is 5.07. The zero-order valence-electron chi connectivity index (χ0n) is 14.4. The number of hydrogen-bond acceptors (Lipinski definition) is 6. The summed E-state index contributed by atoms with van der Waals surface area (Å²) >= 11 is 0. The van der Waals surface area contributed by atoms with Crippen LogP contribution in [0.1, 0.15) is 26.7 Å². The van der Waals surface area contributed by atoms with Crippen LogP contribution in [0.2, 0.25) is 0 Å². The molecule has 1 aliphatic heterocycles. The Morgan fingerprint density at radius 2 is 1.96 bits per heavy atom. The van der Waals surface area contributed by atoms with Crippen LogP contribution in [0.3, 0.4) is 0 Å².